The number of rotatable bonds is 0. The molecule has 1 aromatic carbocycles. The summed E-state index contributed by atoms with van der Waals surface area (Å²) in [5, 5.41) is 55.5. The van der Waals surface area contributed by atoms with E-state index in [2.05, 4.69) is 0 Å². The van der Waals surface area contributed by atoms with Gasteiger partial charge in [0.25, 0.3) is 0 Å². The zero-order chi connectivity index (χ0) is 15.4. The van der Waals surface area contributed by atoms with E-state index in [1.54, 1.807) is 24.3 Å². The molecule has 0 bridgehead atoms. The molecule has 0 aliphatic heterocycles. The highest BCUT2D eigenvalue weighted by atomic mass is 16.3. The van der Waals surface area contributed by atoms with E-state index in [1.807, 2.05) is 0 Å². The van der Waals surface area contributed by atoms with Crippen molar-refractivity contribution in [2.75, 3.05) is 0 Å². The fourth-order valence-electron chi connectivity index (χ4n) is 1.85. The van der Waals surface area contributed by atoms with E-state index < -0.39 is 11.5 Å². The van der Waals surface area contributed by atoms with Crippen LogP contribution in [0.25, 0.3) is 11.1 Å². The van der Waals surface area contributed by atoms with Crippen LogP contribution in [-0.2, 0) is 0 Å². The molecule has 6 heteroatoms. The van der Waals surface area contributed by atoms with Crippen molar-refractivity contribution in [3.63, 3.8) is 0 Å². The Kier molecular flexibility index (Phi) is 3.97. The van der Waals surface area contributed by atoms with Crippen LogP contribution >= 0.6 is 0 Å². The molecule has 0 radical (unpaired) electrons. The Hall–Kier alpha value is -3.48. The van der Waals surface area contributed by atoms with E-state index in [0.717, 1.165) is 0 Å². The molecule has 0 saturated carbocycles. The molecule has 0 amide bonds. The van der Waals surface area contributed by atoms with Crippen LogP contribution in [-0.4, -0.2) is 10.2 Å². The summed E-state index contributed by atoms with van der Waals surface area (Å²) < 4.78 is 0. The van der Waals surface area contributed by atoms with Crippen LogP contribution in [0.2, 0.25) is 0 Å². The van der Waals surface area contributed by atoms with Gasteiger partial charge in [0.1, 0.15) is 46.9 Å². The third-order valence-corrected chi connectivity index (χ3v) is 2.88. The Morgan fingerprint density at radius 2 is 0.950 bits per heavy atom. The highest BCUT2D eigenvalue weighted by Gasteiger charge is 2.16. The average molecular weight is 264 g/mol. The molecule has 0 spiro atoms. The summed E-state index contributed by atoms with van der Waals surface area (Å²) in [6, 6.07) is 6.51. The van der Waals surface area contributed by atoms with Crippen LogP contribution < -0.4 is 10.4 Å². The zero-order valence-electron chi connectivity index (χ0n) is 10.7. The summed E-state index contributed by atoms with van der Waals surface area (Å²) >= 11 is 0. The fourth-order valence-corrected chi connectivity index (χ4v) is 1.85. The number of hydrogen-bond donors (Lipinski definition) is 2. The van der Waals surface area contributed by atoms with Crippen molar-refractivity contribution in [2.45, 2.75) is 13.8 Å². The van der Waals surface area contributed by atoms with Crippen LogP contribution in [0.1, 0.15) is 11.1 Å². The Morgan fingerprint density at radius 1 is 0.700 bits per heavy atom. The second-order valence-electron chi connectivity index (χ2n) is 3.89. The Bertz CT molecular complexity index is 742. The minimum Gasteiger partial charge on any atom is -0.507 e. The smallest absolute Gasteiger partial charge is 0.141 e. The molecule has 0 saturated heterocycles. The molecule has 2 N–H and O–H groups in total. The lowest BCUT2D eigenvalue weighted by molar-refractivity contribution is 0.445. The van der Waals surface area contributed by atoms with E-state index in [-0.39, 0.29) is 32.7 Å². The average Bonchev–Trinajstić information content (AvgIpc) is 2.46. The highest BCUT2D eigenvalue weighted by Crippen LogP contribution is 2.17. The Labute approximate surface area is 114 Å². The van der Waals surface area contributed by atoms with Crippen LogP contribution in [0.4, 0.5) is 0 Å². The van der Waals surface area contributed by atoms with Gasteiger partial charge in [-0.3, -0.25) is 0 Å². The van der Waals surface area contributed by atoms with Gasteiger partial charge < -0.3 is 10.2 Å². The summed E-state index contributed by atoms with van der Waals surface area (Å²) in [6.07, 6.45) is 0. The molecule has 0 heterocycles. The predicted octanol–water partition coefficient (Wildman–Crippen LogP) is 0.110. The monoisotopic (exact) mass is 264 g/mol. The maximum Gasteiger partial charge on any atom is 0.141 e. The minimum absolute atomic E-state index is 0.0594. The van der Waals surface area contributed by atoms with Gasteiger partial charge in [0.15, 0.2) is 0 Å². The van der Waals surface area contributed by atoms with E-state index in [0.29, 0.717) is 0 Å². The number of hydrogen-bond acceptors (Lipinski definition) is 6. The normalized spacial score (nSPS) is 8.70. The topological polar surface area (TPSA) is 136 Å². The lowest BCUT2D eigenvalue weighted by Crippen LogP contribution is -2.21. The highest BCUT2D eigenvalue weighted by molar-refractivity contribution is 5.79. The van der Waals surface area contributed by atoms with E-state index in [4.69, 9.17) is 21.0 Å². The second kappa shape index (κ2) is 5.44. The second-order valence-corrected chi connectivity index (χ2v) is 3.89. The van der Waals surface area contributed by atoms with Crippen molar-refractivity contribution in [3.8, 4) is 35.8 Å². The van der Waals surface area contributed by atoms with Crippen molar-refractivity contribution in [1.29, 1.82) is 21.0 Å². The van der Waals surface area contributed by atoms with E-state index in [1.165, 1.54) is 13.8 Å². The van der Waals surface area contributed by atoms with Crippen molar-refractivity contribution in [1.82, 2.24) is 0 Å². The maximum atomic E-state index is 10.1. The van der Waals surface area contributed by atoms with Crippen molar-refractivity contribution >= 4 is 11.1 Å². The molecule has 1 aromatic rings. The molecule has 0 aliphatic carbocycles. The predicted molar refractivity (Wildman–Crippen MR) is 67.8 cm³/mol. The van der Waals surface area contributed by atoms with Gasteiger partial charge in [0, 0.05) is 11.1 Å². The van der Waals surface area contributed by atoms with Gasteiger partial charge in [0.2, 0.25) is 0 Å². The van der Waals surface area contributed by atoms with E-state index >= 15 is 0 Å². The number of phenols is 2. The first-order valence-corrected chi connectivity index (χ1v) is 5.34. The lowest BCUT2D eigenvalue weighted by atomic mass is 9.98. The van der Waals surface area contributed by atoms with Gasteiger partial charge >= 0.3 is 0 Å². The summed E-state index contributed by atoms with van der Waals surface area (Å²) in [4.78, 5) is 0. The van der Waals surface area contributed by atoms with Crippen LogP contribution in [0.3, 0.4) is 0 Å². The third kappa shape index (κ3) is 1.99. The fraction of sp³-hybridized carbons (Fsp3) is 0.143. The van der Waals surface area contributed by atoms with Crippen molar-refractivity contribution in [3.05, 3.63) is 21.6 Å². The van der Waals surface area contributed by atoms with Gasteiger partial charge in [-0.2, -0.15) is 21.0 Å². The first kappa shape index (κ1) is 14.6. The van der Waals surface area contributed by atoms with Crippen molar-refractivity contribution < 1.29 is 10.2 Å². The summed E-state index contributed by atoms with van der Waals surface area (Å²) in [5.74, 6) is -0.812. The molecular formula is C14H8N4O2. The molecule has 0 aliphatic rings. The standard InChI is InChI=1S/C14H8N4O2/c1-7-11(9(3-15)4-16)14(20)8(2)12(13(7)19)10(5-17)6-18/h19-20H,1-2H3. The lowest BCUT2D eigenvalue weighted by Gasteiger charge is -2.08. The third-order valence-electron chi connectivity index (χ3n) is 2.88. The Morgan fingerprint density at radius 3 is 1.15 bits per heavy atom. The first-order chi connectivity index (χ1) is 9.44. The molecule has 0 unspecified atom stereocenters. The van der Waals surface area contributed by atoms with Crippen LogP contribution in [0.5, 0.6) is 11.5 Å². The minimum atomic E-state index is -0.406. The largest absolute Gasteiger partial charge is 0.507 e. The number of aromatic hydroxyl groups is 2. The first-order valence-electron chi connectivity index (χ1n) is 5.34. The summed E-state index contributed by atoms with van der Waals surface area (Å²) in [6.45, 7) is 2.77. The summed E-state index contributed by atoms with van der Waals surface area (Å²) in [5.41, 5.74) is -0.603. The van der Waals surface area contributed by atoms with Crippen molar-refractivity contribution in [2.24, 2.45) is 0 Å². The molecular weight excluding hydrogens is 256 g/mol. The number of phenolic OH excluding ortho intramolecular Hbond substituents is 2. The molecule has 6 nitrogen and oxygen atoms in total. The van der Waals surface area contributed by atoms with E-state index in [9.17, 15) is 10.2 Å². The Balaban J connectivity index is 4.35. The van der Waals surface area contributed by atoms with Crippen LogP contribution in [0, 0.1) is 59.2 Å². The number of nitrogens with zero attached hydrogens (tertiary/aromatic N) is 4. The molecule has 96 valence electrons. The molecule has 20 heavy (non-hydrogen) atoms. The molecule has 0 atom stereocenters. The maximum absolute atomic E-state index is 10.1. The quantitative estimate of drug-likeness (QED) is 0.638. The van der Waals surface area contributed by atoms with Gasteiger partial charge in [-0.1, -0.05) is 0 Å². The SMILES string of the molecule is Cc1c(O)c(=C(C#N)C#N)c(C)c(O)c1=C(C#N)C#N. The van der Waals surface area contributed by atoms with Gasteiger partial charge in [-0.05, 0) is 13.8 Å². The van der Waals surface area contributed by atoms with Gasteiger partial charge in [0.05, 0.1) is 10.4 Å². The molecule has 0 aromatic heterocycles. The summed E-state index contributed by atoms with van der Waals surface area (Å²) in [7, 11) is 0. The molecule has 1 rings (SSSR count). The number of nitriles is 4. The van der Waals surface area contributed by atoms with Crippen LogP contribution in [0.15, 0.2) is 0 Å². The zero-order valence-corrected chi connectivity index (χ0v) is 10.7. The number of benzene rings is 1. The van der Waals surface area contributed by atoms with Gasteiger partial charge in [-0.15, -0.1) is 0 Å². The molecule has 0 fully saturated rings. The van der Waals surface area contributed by atoms with Gasteiger partial charge in [-0.25, -0.2) is 0 Å².